The summed E-state index contributed by atoms with van der Waals surface area (Å²) in [6.45, 7) is 3.94. The number of nitrogens with zero attached hydrogens (tertiary/aromatic N) is 2. The Bertz CT molecular complexity index is 862. The third-order valence-corrected chi connectivity index (χ3v) is 6.74. The van der Waals surface area contributed by atoms with Gasteiger partial charge in [0.2, 0.25) is 0 Å². The Balaban J connectivity index is 1.40. The Labute approximate surface area is 175 Å². The number of hydrogen-bond donors (Lipinski definition) is 2. The maximum absolute atomic E-state index is 12.3. The Hall–Kier alpha value is -2.38. The topological polar surface area (TPSA) is 64.7 Å². The van der Waals surface area contributed by atoms with Crippen LogP contribution in [0.15, 0.2) is 35.7 Å². The van der Waals surface area contributed by atoms with Crippen LogP contribution in [0.5, 0.6) is 0 Å². The second-order valence-electron chi connectivity index (χ2n) is 7.79. The average molecular weight is 413 g/mol. The lowest BCUT2D eigenvalue weighted by Gasteiger charge is -2.28. The lowest BCUT2D eigenvalue weighted by atomic mass is 10.0. The molecule has 2 aliphatic rings. The van der Waals surface area contributed by atoms with Gasteiger partial charge in [0.15, 0.2) is 0 Å². The zero-order valence-corrected chi connectivity index (χ0v) is 17.6. The molecule has 1 fully saturated rings. The number of hydrogen-bond acceptors (Lipinski definition) is 5. The summed E-state index contributed by atoms with van der Waals surface area (Å²) >= 11 is 1.56. The fourth-order valence-corrected chi connectivity index (χ4v) is 4.88. The molecule has 0 spiro atoms. The molecule has 2 N–H and O–H groups in total. The quantitative estimate of drug-likeness (QED) is 0.715. The van der Waals surface area contributed by atoms with Crippen LogP contribution in [0.1, 0.15) is 34.9 Å². The Morgan fingerprint density at radius 2 is 1.90 bits per heavy atom. The van der Waals surface area contributed by atoms with E-state index in [0.717, 1.165) is 30.9 Å². The van der Waals surface area contributed by atoms with Gasteiger partial charge < -0.3 is 15.5 Å². The third kappa shape index (κ3) is 4.62. The highest BCUT2D eigenvalue weighted by Crippen LogP contribution is 2.32. The lowest BCUT2D eigenvalue weighted by Crippen LogP contribution is -2.43. The van der Waals surface area contributed by atoms with Crippen molar-refractivity contribution < 1.29 is 9.59 Å². The molecule has 0 unspecified atom stereocenters. The molecule has 2 aliphatic heterocycles. The molecular formula is C22H28N4O2S. The number of nitrogens with one attached hydrogen (secondary N) is 2. The summed E-state index contributed by atoms with van der Waals surface area (Å²) in [5.41, 5.74) is 3.89. The van der Waals surface area contributed by atoms with Crippen molar-refractivity contribution in [2.75, 3.05) is 38.1 Å². The van der Waals surface area contributed by atoms with Gasteiger partial charge in [0, 0.05) is 30.7 Å². The van der Waals surface area contributed by atoms with E-state index in [1.54, 1.807) is 11.3 Å². The van der Waals surface area contributed by atoms with Crippen molar-refractivity contribution >= 4 is 28.8 Å². The molecule has 1 aromatic carbocycles. The summed E-state index contributed by atoms with van der Waals surface area (Å²) in [5.74, 6) is -1.14. The van der Waals surface area contributed by atoms with E-state index in [-0.39, 0.29) is 6.04 Å². The van der Waals surface area contributed by atoms with Gasteiger partial charge in [-0.3, -0.25) is 14.5 Å². The van der Waals surface area contributed by atoms with Crippen molar-refractivity contribution in [3.8, 4) is 0 Å². The van der Waals surface area contributed by atoms with Gasteiger partial charge in [0.25, 0.3) is 0 Å². The lowest BCUT2D eigenvalue weighted by molar-refractivity contribution is -0.139. The van der Waals surface area contributed by atoms with E-state index in [1.807, 2.05) is 17.5 Å². The van der Waals surface area contributed by atoms with E-state index in [0.29, 0.717) is 13.1 Å². The summed E-state index contributed by atoms with van der Waals surface area (Å²) < 4.78 is 0. The van der Waals surface area contributed by atoms with Crippen LogP contribution in [-0.2, 0) is 22.6 Å². The van der Waals surface area contributed by atoms with Gasteiger partial charge in [0.05, 0.1) is 12.6 Å². The number of rotatable bonds is 6. The number of thiophene rings is 1. The molecule has 1 saturated heterocycles. The van der Waals surface area contributed by atoms with E-state index in [2.05, 4.69) is 45.7 Å². The molecule has 4 rings (SSSR count). The minimum absolute atomic E-state index is 0.0998. The van der Waals surface area contributed by atoms with Gasteiger partial charge in [-0.25, -0.2) is 0 Å². The van der Waals surface area contributed by atoms with Crippen LogP contribution in [-0.4, -0.2) is 49.9 Å². The predicted octanol–water partition coefficient (Wildman–Crippen LogP) is 2.31. The number of benzene rings is 1. The maximum Gasteiger partial charge on any atom is 0.309 e. The number of likely N-dealkylation sites (N-methyl/N-ethyl adjacent to an activating group) is 1. The molecule has 2 aromatic rings. The fraction of sp³-hybridized carbons (Fsp3) is 0.455. The maximum atomic E-state index is 12.3. The molecule has 2 amide bonds. The first-order valence-electron chi connectivity index (χ1n) is 10.3. The molecule has 154 valence electrons. The molecule has 6 nitrogen and oxygen atoms in total. The van der Waals surface area contributed by atoms with E-state index < -0.39 is 11.8 Å². The SMILES string of the molecule is CN1CCc2cc([C@H](CNC(=O)C(=O)NCc3cccs3)N3CCCC3)ccc21. The number of amides is 2. The van der Waals surface area contributed by atoms with E-state index >= 15 is 0 Å². The van der Waals surface area contributed by atoms with Gasteiger partial charge in [0.1, 0.15) is 0 Å². The first-order chi connectivity index (χ1) is 14.1. The molecule has 0 aliphatic carbocycles. The molecule has 0 saturated carbocycles. The second-order valence-corrected chi connectivity index (χ2v) is 8.82. The number of anilines is 1. The normalized spacial score (nSPS) is 17.2. The number of carbonyl (C=O) groups is 2. The Kier molecular flexibility index (Phi) is 6.16. The standard InChI is InChI=1S/C22H28N4O2S/c1-25-11-8-17-13-16(6-7-19(17)25)20(26-9-2-3-10-26)15-24-22(28)21(27)23-14-18-5-4-12-29-18/h4-7,12-13,20H,2-3,8-11,14-15H2,1H3,(H,23,27)(H,24,28)/t20-/m0/s1. The zero-order chi connectivity index (χ0) is 20.2. The molecule has 29 heavy (non-hydrogen) atoms. The van der Waals surface area contributed by atoms with E-state index in [1.165, 1.54) is 29.7 Å². The van der Waals surface area contributed by atoms with Gasteiger partial charge in [-0.1, -0.05) is 18.2 Å². The average Bonchev–Trinajstić information content (AvgIpc) is 3.49. The first kappa shape index (κ1) is 19.9. The predicted molar refractivity (Wildman–Crippen MR) is 116 cm³/mol. The highest BCUT2D eigenvalue weighted by atomic mass is 32.1. The molecule has 3 heterocycles. The fourth-order valence-electron chi connectivity index (χ4n) is 4.24. The monoisotopic (exact) mass is 412 g/mol. The summed E-state index contributed by atoms with van der Waals surface area (Å²) in [6.07, 6.45) is 3.42. The van der Waals surface area contributed by atoms with Crippen LogP contribution in [0.3, 0.4) is 0 Å². The number of likely N-dealkylation sites (tertiary alicyclic amines) is 1. The van der Waals surface area contributed by atoms with Gasteiger partial charge in [-0.15, -0.1) is 11.3 Å². The Morgan fingerprint density at radius 1 is 1.10 bits per heavy atom. The van der Waals surface area contributed by atoms with Crippen molar-refractivity contribution in [3.63, 3.8) is 0 Å². The van der Waals surface area contributed by atoms with Crippen LogP contribution >= 0.6 is 11.3 Å². The Morgan fingerprint density at radius 3 is 2.66 bits per heavy atom. The van der Waals surface area contributed by atoms with Gasteiger partial charge in [-0.2, -0.15) is 0 Å². The van der Waals surface area contributed by atoms with Gasteiger partial charge in [-0.05, 0) is 61.0 Å². The van der Waals surface area contributed by atoms with Crippen LogP contribution < -0.4 is 15.5 Å². The molecule has 0 radical (unpaired) electrons. The van der Waals surface area contributed by atoms with Crippen LogP contribution in [0.25, 0.3) is 0 Å². The van der Waals surface area contributed by atoms with Crippen molar-refractivity contribution in [1.29, 1.82) is 0 Å². The first-order valence-corrected chi connectivity index (χ1v) is 11.2. The van der Waals surface area contributed by atoms with Crippen LogP contribution in [0.4, 0.5) is 5.69 Å². The van der Waals surface area contributed by atoms with E-state index in [4.69, 9.17) is 0 Å². The second kappa shape index (κ2) is 8.97. The van der Waals surface area contributed by atoms with Crippen molar-refractivity contribution in [2.45, 2.75) is 31.8 Å². The van der Waals surface area contributed by atoms with Crippen LogP contribution in [0.2, 0.25) is 0 Å². The number of fused-ring (bicyclic) bond motifs is 1. The van der Waals surface area contributed by atoms with Gasteiger partial charge >= 0.3 is 11.8 Å². The van der Waals surface area contributed by atoms with Crippen molar-refractivity contribution in [3.05, 3.63) is 51.7 Å². The van der Waals surface area contributed by atoms with Crippen molar-refractivity contribution in [1.82, 2.24) is 15.5 Å². The van der Waals surface area contributed by atoms with Crippen LogP contribution in [0, 0.1) is 0 Å². The smallest absolute Gasteiger partial charge is 0.309 e. The highest BCUT2D eigenvalue weighted by molar-refractivity contribution is 7.09. The highest BCUT2D eigenvalue weighted by Gasteiger charge is 2.26. The van der Waals surface area contributed by atoms with E-state index in [9.17, 15) is 9.59 Å². The molecular weight excluding hydrogens is 384 g/mol. The van der Waals surface area contributed by atoms with Crippen molar-refractivity contribution in [2.24, 2.45) is 0 Å². The third-order valence-electron chi connectivity index (χ3n) is 5.86. The minimum atomic E-state index is -0.575. The summed E-state index contributed by atoms with van der Waals surface area (Å²) in [5, 5.41) is 7.52. The minimum Gasteiger partial charge on any atom is -0.374 e. The summed E-state index contributed by atoms with van der Waals surface area (Å²) in [4.78, 5) is 30.2. The zero-order valence-electron chi connectivity index (χ0n) is 16.8. The largest absolute Gasteiger partial charge is 0.374 e. The molecule has 0 bridgehead atoms. The molecule has 7 heteroatoms. The summed E-state index contributed by atoms with van der Waals surface area (Å²) in [7, 11) is 2.12. The molecule has 1 atom stereocenters. The summed E-state index contributed by atoms with van der Waals surface area (Å²) in [6, 6.07) is 10.6. The number of carbonyl (C=O) groups excluding carboxylic acids is 2. The molecule has 1 aromatic heterocycles.